The number of nitrogens with zero attached hydrogens (tertiary/aromatic N) is 3. The smallest absolute Gasteiger partial charge is 0.203 e. The van der Waals surface area contributed by atoms with Gasteiger partial charge in [-0.25, -0.2) is 4.98 Å². The molecule has 1 fully saturated rings. The lowest BCUT2D eigenvalue weighted by molar-refractivity contribution is 0.157. The Bertz CT molecular complexity index is 418. The molecule has 1 saturated heterocycles. The molecule has 1 aliphatic rings. The first kappa shape index (κ1) is 15.3. The van der Waals surface area contributed by atoms with Crippen LogP contribution in [0.1, 0.15) is 37.9 Å². The molecular weight excluding hydrogens is 252 g/mol. The van der Waals surface area contributed by atoms with E-state index in [0.717, 1.165) is 37.8 Å². The van der Waals surface area contributed by atoms with Crippen LogP contribution in [0.3, 0.4) is 0 Å². The van der Waals surface area contributed by atoms with Crippen molar-refractivity contribution in [2.75, 3.05) is 39.2 Å². The summed E-state index contributed by atoms with van der Waals surface area (Å²) in [6, 6.07) is 1.20. The quantitative estimate of drug-likeness (QED) is 0.812. The summed E-state index contributed by atoms with van der Waals surface area (Å²) < 4.78 is 7.42. The fourth-order valence-corrected chi connectivity index (χ4v) is 2.86. The van der Waals surface area contributed by atoms with E-state index in [0.29, 0.717) is 12.1 Å². The van der Waals surface area contributed by atoms with Gasteiger partial charge in [0.05, 0.1) is 5.69 Å². The number of ether oxygens (including phenoxy) is 1. The number of likely N-dealkylation sites (tertiary alicyclic amines) is 1. The number of imidazole rings is 1. The molecule has 2 heterocycles. The molecule has 5 heteroatoms. The SMILES string of the molecule is COCCCNc1nc(C)cn1C1CCN(C)C(C)C1. The highest BCUT2D eigenvalue weighted by atomic mass is 16.5. The number of hydrogen-bond donors (Lipinski definition) is 1. The lowest BCUT2D eigenvalue weighted by Crippen LogP contribution is -2.38. The van der Waals surface area contributed by atoms with Crippen LogP contribution in [0.25, 0.3) is 0 Å². The number of aryl methyl sites for hydroxylation is 1. The molecule has 1 aromatic rings. The van der Waals surface area contributed by atoms with Crippen molar-refractivity contribution in [3.05, 3.63) is 11.9 Å². The van der Waals surface area contributed by atoms with Gasteiger partial charge in [-0.3, -0.25) is 0 Å². The van der Waals surface area contributed by atoms with Crippen LogP contribution in [-0.2, 0) is 4.74 Å². The summed E-state index contributed by atoms with van der Waals surface area (Å²) in [6.07, 6.45) is 5.58. The van der Waals surface area contributed by atoms with E-state index in [-0.39, 0.29) is 0 Å². The molecule has 114 valence electrons. The maximum Gasteiger partial charge on any atom is 0.203 e. The summed E-state index contributed by atoms with van der Waals surface area (Å²) >= 11 is 0. The third kappa shape index (κ3) is 3.73. The van der Waals surface area contributed by atoms with Crippen LogP contribution in [0.5, 0.6) is 0 Å². The first-order valence-corrected chi connectivity index (χ1v) is 7.60. The zero-order valence-electron chi connectivity index (χ0n) is 13.2. The van der Waals surface area contributed by atoms with E-state index in [9.17, 15) is 0 Å². The fourth-order valence-electron chi connectivity index (χ4n) is 2.86. The normalized spacial score (nSPS) is 24.0. The second-order valence-electron chi connectivity index (χ2n) is 5.89. The second-order valence-corrected chi connectivity index (χ2v) is 5.89. The van der Waals surface area contributed by atoms with Crippen LogP contribution >= 0.6 is 0 Å². The van der Waals surface area contributed by atoms with Gasteiger partial charge >= 0.3 is 0 Å². The zero-order chi connectivity index (χ0) is 14.5. The topological polar surface area (TPSA) is 42.3 Å². The second kappa shape index (κ2) is 7.09. The molecule has 0 aromatic carbocycles. The lowest BCUT2D eigenvalue weighted by atomic mass is 9.99. The van der Waals surface area contributed by atoms with Gasteiger partial charge in [-0.1, -0.05) is 0 Å². The number of rotatable bonds is 6. The summed E-state index contributed by atoms with van der Waals surface area (Å²) in [5.41, 5.74) is 1.09. The predicted molar refractivity (Wildman–Crippen MR) is 82.3 cm³/mol. The van der Waals surface area contributed by atoms with Gasteiger partial charge in [-0.05, 0) is 40.2 Å². The minimum absolute atomic E-state index is 0.562. The molecule has 1 N–H and O–H groups in total. The lowest BCUT2D eigenvalue weighted by Gasteiger charge is -2.36. The number of nitrogens with one attached hydrogen (secondary N) is 1. The van der Waals surface area contributed by atoms with Crippen molar-refractivity contribution in [2.45, 2.75) is 45.2 Å². The van der Waals surface area contributed by atoms with Gasteiger partial charge in [0.2, 0.25) is 5.95 Å². The van der Waals surface area contributed by atoms with Crippen LogP contribution in [0.15, 0.2) is 6.20 Å². The molecule has 20 heavy (non-hydrogen) atoms. The van der Waals surface area contributed by atoms with E-state index in [1.165, 1.54) is 12.8 Å². The monoisotopic (exact) mass is 280 g/mol. The van der Waals surface area contributed by atoms with Crippen molar-refractivity contribution < 1.29 is 4.74 Å². The van der Waals surface area contributed by atoms with E-state index in [2.05, 4.69) is 46.9 Å². The average molecular weight is 280 g/mol. The summed E-state index contributed by atoms with van der Waals surface area (Å²) in [7, 11) is 3.95. The van der Waals surface area contributed by atoms with Gasteiger partial charge in [0, 0.05) is 45.1 Å². The molecule has 0 aliphatic carbocycles. The Morgan fingerprint density at radius 3 is 3.00 bits per heavy atom. The number of hydrogen-bond acceptors (Lipinski definition) is 4. The summed E-state index contributed by atoms with van der Waals surface area (Å²) in [6.45, 7) is 7.23. The molecule has 0 bridgehead atoms. The van der Waals surface area contributed by atoms with E-state index in [1.54, 1.807) is 7.11 Å². The van der Waals surface area contributed by atoms with Crippen LogP contribution in [0.2, 0.25) is 0 Å². The molecule has 5 nitrogen and oxygen atoms in total. The number of anilines is 1. The Labute approximate surface area is 122 Å². The highest BCUT2D eigenvalue weighted by Gasteiger charge is 2.25. The van der Waals surface area contributed by atoms with Crippen molar-refractivity contribution in [3.63, 3.8) is 0 Å². The van der Waals surface area contributed by atoms with Crippen molar-refractivity contribution in [1.29, 1.82) is 0 Å². The minimum atomic E-state index is 0.562. The summed E-state index contributed by atoms with van der Waals surface area (Å²) in [4.78, 5) is 7.06. The van der Waals surface area contributed by atoms with Gasteiger partial charge in [-0.15, -0.1) is 0 Å². The Balaban J connectivity index is 2.00. The van der Waals surface area contributed by atoms with Crippen LogP contribution in [-0.4, -0.2) is 54.3 Å². The molecule has 2 rings (SSSR count). The van der Waals surface area contributed by atoms with E-state index >= 15 is 0 Å². The van der Waals surface area contributed by atoms with E-state index in [4.69, 9.17) is 4.74 Å². The van der Waals surface area contributed by atoms with Gasteiger partial charge in [0.25, 0.3) is 0 Å². The largest absolute Gasteiger partial charge is 0.385 e. The summed E-state index contributed by atoms with van der Waals surface area (Å²) in [5, 5.41) is 3.45. The molecular formula is C15H28N4O. The Kier molecular flexibility index (Phi) is 5.43. The van der Waals surface area contributed by atoms with Gasteiger partial charge in [-0.2, -0.15) is 0 Å². The first-order valence-electron chi connectivity index (χ1n) is 7.60. The maximum atomic E-state index is 5.08. The molecule has 2 atom stereocenters. The Morgan fingerprint density at radius 2 is 2.30 bits per heavy atom. The van der Waals surface area contributed by atoms with Gasteiger partial charge < -0.3 is 19.5 Å². The molecule has 0 amide bonds. The minimum Gasteiger partial charge on any atom is -0.385 e. The Hall–Kier alpha value is -1.07. The first-order chi connectivity index (χ1) is 9.61. The van der Waals surface area contributed by atoms with Gasteiger partial charge in [0.15, 0.2) is 0 Å². The molecule has 0 saturated carbocycles. The van der Waals surface area contributed by atoms with Crippen LogP contribution in [0.4, 0.5) is 5.95 Å². The summed E-state index contributed by atoms with van der Waals surface area (Å²) in [5.74, 6) is 1.01. The third-order valence-corrected chi connectivity index (χ3v) is 4.24. The zero-order valence-corrected chi connectivity index (χ0v) is 13.2. The number of methoxy groups -OCH3 is 1. The van der Waals surface area contributed by atoms with Gasteiger partial charge in [0.1, 0.15) is 0 Å². The third-order valence-electron chi connectivity index (χ3n) is 4.24. The van der Waals surface area contributed by atoms with Crippen LogP contribution < -0.4 is 5.32 Å². The highest BCUT2D eigenvalue weighted by Crippen LogP contribution is 2.29. The van der Waals surface area contributed by atoms with Crippen molar-refractivity contribution >= 4 is 5.95 Å². The van der Waals surface area contributed by atoms with Crippen molar-refractivity contribution in [1.82, 2.24) is 14.5 Å². The standard InChI is InChI=1S/C15H28N4O/c1-12-11-19(14-6-8-18(3)13(2)10-14)15(17-12)16-7-5-9-20-4/h11,13-14H,5-10H2,1-4H3,(H,16,17). The fraction of sp³-hybridized carbons (Fsp3) is 0.800. The van der Waals surface area contributed by atoms with Crippen molar-refractivity contribution in [3.8, 4) is 0 Å². The highest BCUT2D eigenvalue weighted by molar-refractivity contribution is 5.29. The molecule has 1 aromatic heterocycles. The molecule has 0 spiro atoms. The van der Waals surface area contributed by atoms with E-state index < -0.39 is 0 Å². The molecule has 0 radical (unpaired) electrons. The predicted octanol–water partition coefficient (Wildman–Crippen LogP) is 2.30. The molecule has 1 aliphatic heterocycles. The molecule has 2 unspecified atom stereocenters. The van der Waals surface area contributed by atoms with Crippen LogP contribution in [0, 0.1) is 6.92 Å². The van der Waals surface area contributed by atoms with Crippen molar-refractivity contribution in [2.24, 2.45) is 0 Å². The maximum absolute atomic E-state index is 5.08. The average Bonchev–Trinajstić information content (AvgIpc) is 2.79. The number of aromatic nitrogens is 2. The Morgan fingerprint density at radius 1 is 1.50 bits per heavy atom. The van der Waals surface area contributed by atoms with E-state index in [1.807, 2.05) is 0 Å². The number of piperidine rings is 1.